The number of fused-ring (bicyclic) bond motifs is 1. The summed E-state index contributed by atoms with van der Waals surface area (Å²) < 4.78 is 5.79. The van der Waals surface area contributed by atoms with E-state index in [1.807, 2.05) is 11.0 Å². The van der Waals surface area contributed by atoms with Crippen LogP contribution in [0.15, 0.2) is 24.5 Å². The zero-order valence-corrected chi connectivity index (χ0v) is 11.2. The van der Waals surface area contributed by atoms with Gasteiger partial charge in [-0.3, -0.25) is 14.7 Å². The molecule has 0 unspecified atom stereocenters. The second kappa shape index (κ2) is 5.27. The van der Waals surface area contributed by atoms with Crippen LogP contribution in [-0.4, -0.2) is 66.1 Å². The van der Waals surface area contributed by atoms with E-state index in [-0.39, 0.29) is 12.0 Å². The predicted octanol–water partition coefficient (Wildman–Crippen LogP) is 0.627. The minimum absolute atomic E-state index is 0.0746. The number of morpholine rings is 1. The van der Waals surface area contributed by atoms with Gasteiger partial charge in [-0.05, 0) is 25.6 Å². The van der Waals surface area contributed by atoms with Crippen LogP contribution in [0, 0.1) is 0 Å². The van der Waals surface area contributed by atoms with Gasteiger partial charge in [0.25, 0.3) is 5.91 Å². The van der Waals surface area contributed by atoms with Gasteiger partial charge in [-0.15, -0.1) is 0 Å². The number of aromatic nitrogens is 1. The zero-order chi connectivity index (χ0) is 13.2. The number of rotatable bonds is 1. The molecule has 0 bridgehead atoms. The topological polar surface area (TPSA) is 45.7 Å². The number of likely N-dealkylation sites (N-methyl/N-ethyl adjacent to an activating group) is 1. The number of hydrogen-bond acceptors (Lipinski definition) is 4. The summed E-state index contributed by atoms with van der Waals surface area (Å²) in [5.74, 6) is 0.0746. The summed E-state index contributed by atoms with van der Waals surface area (Å²) in [5.41, 5.74) is 0.667. The molecular formula is C14H19N3O2. The molecule has 19 heavy (non-hydrogen) atoms. The number of hydrogen-bond donors (Lipinski definition) is 0. The van der Waals surface area contributed by atoms with Crippen molar-refractivity contribution in [2.75, 3.05) is 33.3 Å². The highest BCUT2D eigenvalue weighted by molar-refractivity contribution is 5.94. The second-order valence-corrected chi connectivity index (χ2v) is 5.24. The molecule has 0 radical (unpaired) electrons. The molecule has 3 rings (SSSR count). The number of likely N-dealkylation sites (tertiary alicyclic amines) is 1. The Labute approximate surface area is 113 Å². The average Bonchev–Trinajstić information content (AvgIpc) is 2.47. The van der Waals surface area contributed by atoms with Gasteiger partial charge in [-0.2, -0.15) is 0 Å². The first-order valence-corrected chi connectivity index (χ1v) is 6.77. The van der Waals surface area contributed by atoms with E-state index in [4.69, 9.17) is 4.74 Å². The molecule has 3 heterocycles. The van der Waals surface area contributed by atoms with E-state index in [1.54, 1.807) is 18.5 Å². The Kier molecular flexibility index (Phi) is 3.48. The fraction of sp³-hybridized carbons (Fsp3) is 0.571. The number of carbonyl (C=O) groups is 1. The number of nitrogens with zero attached hydrogens (tertiary/aromatic N) is 3. The first-order valence-electron chi connectivity index (χ1n) is 6.77. The molecule has 5 nitrogen and oxygen atoms in total. The van der Waals surface area contributed by atoms with Gasteiger partial charge in [0.2, 0.25) is 0 Å². The van der Waals surface area contributed by atoms with Crippen molar-refractivity contribution in [1.29, 1.82) is 0 Å². The molecule has 0 aliphatic carbocycles. The van der Waals surface area contributed by atoms with Crippen LogP contribution in [-0.2, 0) is 4.74 Å². The Bertz CT molecular complexity index is 451. The molecule has 2 fully saturated rings. The van der Waals surface area contributed by atoms with Gasteiger partial charge < -0.3 is 9.64 Å². The maximum Gasteiger partial charge on any atom is 0.255 e. The van der Waals surface area contributed by atoms with E-state index in [9.17, 15) is 4.79 Å². The Hall–Kier alpha value is -1.46. The van der Waals surface area contributed by atoms with E-state index in [1.165, 1.54) is 0 Å². The van der Waals surface area contributed by atoms with Crippen molar-refractivity contribution in [1.82, 2.24) is 14.8 Å². The van der Waals surface area contributed by atoms with Gasteiger partial charge >= 0.3 is 0 Å². The largest absolute Gasteiger partial charge is 0.375 e. The molecule has 0 spiro atoms. The Morgan fingerprint density at radius 2 is 2.37 bits per heavy atom. The zero-order valence-electron chi connectivity index (χ0n) is 11.2. The molecule has 0 N–H and O–H groups in total. The summed E-state index contributed by atoms with van der Waals surface area (Å²) in [7, 11) is 2.11. The van der Waals surface area contributed by atoms with Crippen molar-refractivity contribution in [3.05, 3.63) is 30.1 Å². The highest BCUT2D eigenvalue weighted by atomic mass is 16.5. The van der Waals surface area contributed by atoms with Crippen LogP contribution in [0.2, 0.25) is 0 Å². The Balaban J connectivity index is 1.71. The van der Waals surface area contributed by atoms with Gasteiger partial charge in [0.15, 0.2) is 0 Å². The minimum Gasteiger partial charge on any atom is -0.375 e. The quantitative estimate of drug-likeness (QED) is 0.744. The van der Waals surface area contributed by atoms with Gasteiger partial charge in [0.1, 0.15) is 0 Å². The average molecular weight is 261 g/mol. The van der Waals surface area contributed by atoms with Crippen LogP contribution in [0.3, 0.4) is 0 Å². The van der Waals surface area contributed by atoms with Crippen LogP contribution in [0.25, 0.3) is 0 Å². The molecule has 5 heteroatoms. The summed E-state index contributed by atoms with van der Waals surface area (Å²) in [6, 6.07) is 3.95. The van der Waals surface area contributed by atoms with E-state index < -0.39 is 0 Å². The SMILES string of the molecule is CN1CCO[C@@H]2CCN(C(=O)c3cccnc3)C[C@H]21. The van der Waals surface area contributed by atoms with Crippen LogP contribution in [0.5, 0.6) is 0 Å². The van der Waals surface area contributed by atoms with E-state index in [0.717, 1.165) is 32.7 Å². The number of amides is 1. The summed E-state index contributed by atoms with van der Waals surface area (Å²) >= 11 is 0. The second-order valence-electron chi connectivity index (χ2n) is 5.24. The van der Waals surface area contributed by atoms with Crippen LogP contribution < -0.4 is 0 Å². The molecule has 1 amide bonds. The molecule has 2 atom stereocenters. The fourth-order valence-electron chi connectivity index (χ4n) is 2.90. The van der Waals surface area contributed by atoms with Gasteiger partial charge in [0.05, 0.1) is 24.3 Å². The van der Waals surface area contributed by atoms with Gasteiger partial charge in [-0.1, -0.05) is 0 Å². The lowest BCUT2D eigenvalue weighted by Crippen LogP contribution is -2.59. The lowest BCUT2D eigenvalue weighted by molar-refractivity contribution is -0.0893. The summed E-state index contributed by atoms with van der Waals surface area (Å²) in [6.45, 7) is 3.25. The van der Waals surface area contributed by atoms with Crippen LogP contribution in [0.1, 0.15) is 16.8 Å². The van der Waals surface area contributed by atoms with Gasteiger partial charge in [-0.25, -0.2) is 0 Å². The first-order chi connectivity index (χ1) is 9.25. The molecule has 2 aliphatic heterocycles. The number of ether oxygens (including phenoxy) is 1. The molecule has 1 aromatic heterocycles. The first kappa shape index (κ1) is 12.6. The molecular weight excluding hydrogens is 242 g/mol. The molecule has 0 aromatic carbocycles. The maximum atomic E-state index is 12.4. The fourth-order valence-corrected chi connectivity index (χ4v) is 2.90. The van der Waals surface area contributed by atoms with Crippen molar-refractivity contribution >= 4 is 5.91 Å². The monoisotopic (exact) mass is 261 g/mol. The molecule has 2 saturated heterocycles. The van der Waals surface area contributed by atoms with E-state index >= 15 is 0 Å². The van der Waals surface area contributed by atoms with Crippen molar-refractivity contribution in [3.63, 3.8) is 0 Å². The summed E-state index contributed by atoms with van der Waals surface area (Å²) in [4.78, 5) is 20.6. The number of carbonyl (C=O) groups excluding carboxylic acids is 1. The highest BCUT2D eigenvalue weighted by Crippen LogP contribution is 2.22. The normalized spacial score (nSPS) is 27.9. The number of pyridine rings is 1. The van der Waals surface area contributed by atoms with Crippen LogP contribution in [0.4, 0.5) is 0 Å². The molecule has 102 valence electrons. The van der Waals surface area contributed by atoms with Crippen LogP contribution >= 0.6 is 0 Å². The lowest BCUT2D eigenvalue weighted by atomic mass is 9.98. The minimum atomic E-state index is 0.0746. The van der Waals surface area contributed by atoms with E-state index in [2.05, 4.69) is 16.9 Å². The van der Waals surface area contributed by atoms with Crippen molar-refractivity contribution in [2.45, 2.75) is 18.6 Å². The third-order valence-corrected chi connectivity index (χ3v) is 4.06. The Morgan fingerprint density at radius 1 is 1.47 bits per heavy atom. The molecule has 2 aliphatic rings. The van der Waals surface area contributed by atoms with Crippen molar-refractivity contribution < 1.29 is 9.53 Å². The number of piperidine rings is 1. The predicted molar refractivity (Wildman–Crippen MR) is 70.9 cm³/mol. The maximum absolute atomic E-state index is 12.4. The van der Waals surface area contributed by atoms with Crippen molar-refractivity contribution in [3.8, 4) is 0 Å². The Morgan fingerprint density at radius 3 is 3.16 bits per heavy atom. The molecule has 1 aromatic rings. The lowest BCUT2D eigenvalue weighted by Gasteiger charge is -2.45. The molecule has 0 saturated carbocycles. The smallest absolute Gasteiger partial charge is 0.255 e. The van der Waals surface area contributed by atoms with Gasteiger partial charge in [0, 0.05) is 32.0 Å². The van der Waals surface area contributed by atoms with Crippen molar-refractivity contribution in [2.24, 2.45) is 0 Å². The highest BCUT2D eigenvalue weighted by Gasteiger charge is 2.36. The van der Waals surface area contributed by atoms with E-state index in [0.29, 0.717) is 11.6 Å². The standard InChI is InChI=1S/C14H19N3O2/c1-16-7-8-19-13-4-6-17(10-12(13)16)14(18)11-3-2-5-15-9-11/h2-3,5,9,12-13H,4,6-8,10H2,1H3/t12-,13-/m1/s1. The third kappa shape index (κ3) is 2.48. The summed E-state index contributed by atoms with van der Waals surface area (Å²) in [5, 5.41) is 0. The third-order valence-electron chi connectivity index (χ3n) is 4.06. The summed E-state index contributed by atoms with van der Waals surface area (Å²) in [6.07, 6.45) is 4.51.